The van der Waals surface area contributed by atoms with E-state index in [4.69, 9.17) is 4.74 Å². The number of methoxy groups -OCH3 is 1. The fraction of sp³-hybridized carbons (Fsp3) is 1.00. The Morgan fingerprint density at radius 3 is 2.67 bits per heavy atom. The monoisotopic (exact) mass is 171 g/mol. The lowest BCUT2D eigenvalue weighted by molar-refractivity contribution is -0.100. The zero-order valence-corrected chi connectivity index (χ0v) is 7.87. The number of piperidine rings is 1. The summed E-state index contributed by atoms with van der Waals surface area (Å²) in [7, 11) is 1.55. The maximum Gasteiger partial charge on any atom is 0.169 e. The number of hydrogen-bond acceptors (Lipinski definition) is 3. The van der Waals surface area contributed by atoms with Gasteiger partial charge in [0.05, 0.1) is 6.04 Å². The van der Waals surface area contributed by atoms with Crippen LogP contribution in [0.2, 0.25) is 0 Å². The van der Waals surface area contributed by atoms with Crippen molar-refractivity contribution < 1.29 is 9.84 Å². The van der Waals surface area contributed by atoms with Crippen LogP contribution in [0.4, 0.5) is 0 Å². The summed E-state index contributed by atoms with van der Waals surface area (Å²) < 4.78 is 4.92. The number of aliphatic hydroxyl groups is 1. The third-order valence-corrected chi connectivity index (χ3v) is 3.65. The van der Waals surface area contributed by atoms with Gasteiger partial charge in [0.2, 0.25) is 0 Å². The van der Waals surface area contributed by atoms with E-state index in [9.17, 15) is 5.11 Å². The molecule has 0 radical (unpaired) electrons. The zero-order chi connectivity index (χ0) is 8.93. The highest BCUT2D eigenvalue weighted by Crippen LogP contribution is 2.62. The molecule has 0 aromatic heterocycles. The van der Waals surface area contributed by atoms with Crippen LogP contribution in [0.1, 0.15) is 13.8 Å². The van der Waals surface area contributed by atoms with Crippen molar-refractivity contribution in [1.82, 2.24) is 5.32 Å². The van der Waals surface area contributed by atoms with Gasteiger partial charge in [-0.15, -0.1) is 0 Å². The van der Waals surface area contributed by atoms with Crippen LogP contribution in [0.3, 0.4) is 0 Å². The molecule has 4 unspecified atom stereocenters. The highest BCUT2D eigenvalue weighted by Gasteiger charge is 2.65. The Labute approximate surface area is 73.1 Å². The van der Waals surface area contributed by atoms with Crippen LogP contribution in [0.5, 0.6) is 0 Å². The summed E-state index contributed by atoms with van der Waals surface area (Å²) in [6, 6.07) is 0.148. The maximum atomic E-state index is 9.50. The van der Waals surface area contributed by atoms with E-state index in [-0.39, 0.29) is 6.04 Å². The predicted octanol–water partition coefficient (Wildman–Crippen LogP) is 0.195. The Hall–Kier alpha value is -0.120. The second kappa shape index (κ2) is 2.44. The Morgan fingerprint density at radius 2 is 2.25 bits per heavy atom. The number of ether oxygens (including phenoxy) is 1. The minimum atomic E-state index is -0.637. The Bertz CT molecular complexity index is 193. The van der Waals surface area contributed by atoms with E-state index in [0.717, 1.165) is 12.5 Å². The molecular weight excluding hydrogens is 154 g/mol. The standard InChI is InChI=1S/C9H17NO2/c1-9(2)5-4-10-7(6(5)9)8(11)12-3/h5-8,10-11H,4H2,1-3H3. The summed E-state index contributed by atoms with van der Waals surface area (Å²) in [5.41, 5.74) is 0.412. The summed E-state index contributed by atoms with van der Waals surface area (Å²) in [6.45, 7) is 5.56. The van der Waals surface area contributed by atoms with Crippen molar-refractivity contribution in [2.24, 2.45) is 17.3 Å². The SMILES string of the molecule is COC(O)C1NCC2C1C2(C)C. The van der Waals surface area contributed by atoms with E-state index >= 15 is 0 Å². The second-order valence-electron chi connectivity index (χ2n) is 4.51. The molecule has 2 N–H and O–H groups in total. The molecule has 2 aliphatic rings. The number of aliphatic hydroxyl groups excluding tert-OH is 1. The molecule has 1 aliphatic carbocycles. The van der Waals surface area contributed by atoms with Gasteiger partial charge in [-0.3, -0.25) is 0 Å². The van der Waals surface area contributed by atoms with Crippen LogP contribution >= 0.6 is 0 Å². The van der Waals surface area contributed by atoms with E-state index in [2.05, 4.69) is 19.2 Å². The fourth-order valence-corrected chi connectivity index (χ4v) is 2.70. The minimum Gasteiger partial charge on any atom is -0.367 e. The van der Waals surface area contributed by atoms with Crippen LogP contribution < -0.4 is 5.32 Å². The molecule has 1 saturated heterocycles. The molecule has 2 rings (SSSR count). The van der Waals surface area contributed by atoms with E-state index < -0.39 is 6.29 Å². The van der Waals surface area contributed by atoms with Crippen LogP contribution in [0, 0.1) is 17.3 Å². The van der Waals surface area contributed by atoms with Gasteiger partial charge in [-0.05, 0) is 23.8 Å². The first-order valence-electron chi connectivity index (χ1n) is 4.53. The first-order valence-corrected chi connectivity index (χ1v) is 4.53. The van der Waals surface area contributed by atoms with Gasteiger partial charge < -0.3 is 15.2 Å². The van der Waals surface area contributed by atoms with Crippen molar-refractivity contribution in [1.29, 1.82) is 0 Å². The van der Waals surface area contributed by atoms with Crippen LogP contribution in [-0.4, -0.2) is 31.1 Å². The molecular formula is C9H17NO2. The molecule has 2 fully saturated rings. The summed E-state index contributed by atoms with van der Waals surface area (Å²) in [5.74, 6) is 1.35. The lowest BCUT2D eigenvalue weighted by Crippen LogP contribution is -2.41. The molecule has 0 amide bonds. The molecule has 12 heavy (non-hydrogen) atoms. The molecule has 0 aromatic carbocycles. The average molecular weight is 171 g/mol. The van der Waals surface area contributed by atoms with Crippen molar-refractivity contribution in [2.75, 3.05) is 13.7 Å². The number of fused-ring (bicyclic) bond motifs is 1. The molecule has 70 valence electrons. The molecule has 1 aliphatic heterocycles. The van der Waals surface area contributed by atoms with Gasteiger partial charge in [0.15, 0.2) is 6.29 Å². The molecule has 0 spiro atoms. The summed E-state index contributed by atoms with van der Waals surface area (Å²) in [4.78, 5) is 0. The molecule has 3 nitrogen and oxygen atoms in total. The van der Waals surface area contributed by atoms with E-state index in [1.54, 1.807) is 7.11 Å². The third kappa shape index (κ3) is 0.934. The van der Waals surface area contributed by atoms with Crippen LogP contribution in [0.25, 0.3) is 0 Å². The van der Waals surface area contributed by atoms with Crippen molar-refractivity contribution in [3.63, 3.8) is 0 Å². The lowest BCUT2D eigenvalue weighted by Gasteiger charge is -2.22. The van der Waals surface area contributed by atoms with Crippen molar-refractivity contribution >= 4 is 0 Å². The van der Waals surface area contributed by atoms with E-state index in [1.165, 1.54) is 0 Å². The second-order valence-corrected chi connectivity index (χ2v) is 4.51. The molecule has 3 heteroatoms. The Balaban J connectivity index is 2.03. The molecule has 0 bridgehead atoms. The molecule has 4 atom stereocenters. The van der Waals surface area contributed by atoms with Gasteiger partial charge in [-0.2, -0.15) is 0 Å². The number of hydrogen-bond donors (Lipinski definition) is 2. The van der Waals surface area contributed by atoms with Gasteiger partial charge in [-0.25, -0.2) is 0 Å². The third-order valence-electron chi connectivity index (χ3n) is 3.65. The van der Waals surface area contributed by atoms with Crippen molar-refractivity contribution in [3.05, 3.63) is 0 Å². The van der Waals surface area contributed by atoms with E-state index in [1.807, 2.05) is 0 Å². The molecule has 1 saturated carbocycles. The summed E-state index contributed by atoms with van der Waals surface area (Å²) >= 11 is 0. The minimum absolute atomic E-state index is 0.148. The van der Waals surface area contributed by atoms with Gasteiger partial charge in [0, 0.05) is 7.11 Å². The maximum absolute atomic E-state index is 9.50. The summed E-state index contributed by atoms with van der Waals surface area (Å²) in [5, 5.41) is 12.8. The number of rotatable bonds is 2. The zero-order valence-electron chi connectivity index (χ0n) is 7.87. The van der Waals surface area contributed by atoms with Crippen molar-refractivity contribution in [3.8, 4) is 0 Å². The topological polar surface area (TPSA) is 41.5 Å². The Kier molecular flexibility index (Phi) is 1.72. The first-order chi connectivity index (χ1) is 5.59. The van der Waals surface area contributed by atoms with Crippen LogP contribution in [-0.2, 0) is 4.74 Å². The van der Waals surface area contributed by atoms with Gasteiger partial charge >= 0.3 is 0 Å². The Morgan fingerprint density at radius 1 is 1.58 bits per heavy atom. The van der Waals surface area contributed by atoms with Crippen molar-refractivity contribution in [2.45, 2.75) is 26.2 Å². The molecule has 1 heterocycles. The van der Waals surface area contributed by atoms with Gasteiger partial charge in [-0.1, -0.05) is 13.8 Å². The largest absolute Gasteiger partial charge is 0.367 e. The number of nitrogens with one attached hydrogen (secondary N) is 1. The predicted molar refractivity (Wildman–Crippen MR) is 45.6 cm³/mol. The summed E-state index contributed by atoms with van der Waals surface area (Å²) in [6.07, 6.45) is -0.637. The van der Waals surface area contributed by atoms with Gasteiger partial charge in [0.25, 0.3) is 0 Å². The normalized spacial score (nSPS) is 45.5. The molecule has 0 aromatic rings. The fourth-order valence-electron chi connectivity index (χ4n) is 2.70. The highest BCUT2D eigenvalue weighted by atomic mass is 16.6. The quantitative estimate of drug-likeness (QED) is 0.583. The highest BCUT2D eigenvalue weighted by molar-refractivity contribution is 5.15. The lowest BCUT2D eigenvalue weighted by atomic mass is 10.0. The van der Waals surface area contributed by atoms with Crippen LogP contribution in [0.15, 0.2) is 0 Å². The van der Waals surface area contributed by atoms with E-state index in [0.29, 0.717) is 11.3 Å². The average Bonchev–Trinajstić information content (AvgIpc) is 2.52. The smallest absolute Gasteiger partial charge is 0.169 e. The first kappa shape index (κ1) is 8.48. The van der Waals surface area contributed by atoms with Gasteiger partial charge in [0.1, 0.15) is 0 Å².